The summed E-state index contributed by atoms with van der Waals surface area (Å²) in [5.41, 5.74) is 7.32. The molecule has 1 aromatic carbocycles. The fourth-order valence-electron chi connectivity index (χ4n) is 4.36. The summed E-state index contributed by atoms with van der Waals surface area (Å²) in [7, 11) is 1.72. The average molecular weight is 630 g/mol. The number of aliphatic carboxylic acids is 2. The molecule has 0 aliphatic rings. The molecule has 1 heterocycles. The van der Waals surface area contributed by atoms with Gasteiger partial charge in [-0.05, 0) is 42.4 Å². The van der Waals surface area contributed by atoms with Gasteiger partial charge in [-0.15, -0.1) is 0 Å². The number of ketones is 1. The van der Waals surface area contributed by atoms with E-state index in [1.165, 1.54) is 11.8 Å². The number of aromatic nitrogens is 2. The lowest BCUT2D eigenvalue weighted by Gasteiger charge is -2.25. The van der Waals surface area contributed by atoms with E-state index in [9.17, 15) is 29.1 Å². The van der Waals surface area contributed by atoms with Crippen molar-refractivity contribution in [1.29, 1.82) is 0 Å². The Morgan fingerprint density at radius 1 is 1.05 bits per heavy atom. The summed E-state index contributed by atoms with van der Waals surface area (Å²) in [6, 6.07) is 6.68. The number of nitrogens with zero attached hydrogens (tertiary/aromatic N) is 2. The first kappa shape index (κ1) is 36.2. The van der Waals surface area contributed by atoms with Gasteiger partial charge in [0.2, 0.25) is 11.8 Å². The molecular weight excluding hydrogens is 586 g/mol. The molecule has 0 aliphatic heterocycles. The van der Waals surface area contributed by atoms with Crippen molar-refractivity contribution in [1.82, 2.24) is 20.2 Å². The van der Waals surface area contributed by atoms with Crippen molar-refractivity contribution in [2.45, 2.75) is 64.1 Å². The number of rotatable bonds is 19. The van der Waals surface area contributed by atoms with Gasteiger partial charge in [0.1, 0.15) is 11.9 Å². The summed E-state index contributed by atoms with van der Waals surface area (Å²) in [5, 5.41) is 23.8. The first-order chi connectivity index (χ1) is 20.8. The topological polar surface area (TPSA) is 194 Å². The minimum atomic E-state index is -1.20. The smallest absolute Gasteiger partial charge is 0.307 e. The lowest BCUT2D eigenvalue weighted by molar-refractivity contribution is -0.148. The number of nitrogens with one attached hydrogen (secondary N) is 2. The molecule has 2 rings (SSSR count). The van der Waals surface area contributed by atoms with Gasteiger partial charge in [0.15, 0.2) is 5.78 Å². The van der Waals surface area contributed by atoms with E-state index in [4.69, 9.17) is 10.8 Å². The minimum Gasteiger partial charge on any atom is -0.481 e. The highest BCUT2D eigenvalue weighted by Gasteiger charge is 2.29. The summed E-state index contributed by atoms with van der Waals surface area (Å²) in [5.74, 6) is -3.71. The van der Waals surface area contributed by atoms with E-state index in [2.05, 4.69) is 15.6 Å². The SMILES string of the molecule is CSCC[C@H](NC(=O)[C@H](Cc1ccccc1)NC(=O)[C@@H](N)C(C)C)C(=O)Cc1cn(C)c(/C=C/C[C@@H](CC(=O)O)C(=O)O)n1. The van der Waals surface area contributed by atoms with Gasteiger partial charge >= 0.3 is 11.9 Å². The molecule has 2 amide bonds. The van der Waals surface area contributed by atoms with Crippen LogP contribution in [0.5, 0.6) is 0 Å². The molecule has 6 N–H and O–H groups in total. The maximum atomic E-state index is 13.5. The molecule has 0 saturated heterocycles. The van der Waals surface area contributed by atoms with Gasteiger partial charge in [-0.25, -0.2) is 4.98 Å². The largest absolute Gasteiger partial charge is 0.481 e. The molecule has 12 nitrogen and oxygen atoms in total. The molecule has 0 saturated carbocycles. The number of imidazole rings is 1. The van der Waals surface area contributed by atoms with Gasteiger partial charge in [0.25, 0.3) is 0 Å². The van der Waals surface area contributed by atoms with Crippen molar-refractivity contribution in [2.75, 3.05) is 12.0 Å². The van der Waals surface area contributed by atoms with Crippen LogP contribution in [0.2, 0.25) is 0 Å². The molecule has 4 atom stereocenters. The number of benzene rings is 1. The Bertz CT molecular complexity index is 1310. The van der Waals surface area contributed by atoms with Crippen LogP contribution in [0.4, 0.5) is 0 Å². The summed E-state index contributed by atoms with van der Waals surface area (Å²) in [4.78, 5) is 66.5. The van der Waals surface area contributed by atoms with E-state index in [-0.39, 0.29) is 31.0 Å². The van der Waals surface area contributed by atoms with E-state index in [0.717, 1.165) is 5.56 Å². The van der Waals surface area contributed by atoms with Crippen LogP contribution in [-0.4, -0.2) is 79.4 Å². The number of carbonyl (C=O) groups excluding carboxylic acids is 3. The Labute approximate surface area is 261 Å². The number of thioether (sulfide) groups is 1. The lowest BCUT2D eigenvalue weighted by atomic mass is 10.0. The highest BCUT2D eigenvalue weighted by atomic mass is 32.2. The van der Waals surface area contributed by atoms with Crippen molar-refractivity contribution in [2.24, 2.45) is 24.6 Å². The Kier molecular flexibility index (Phi) is 14.8. The van der Waals surface area contributed by atoms with E-state index < -0.39 is 54.2 Å². The second-order valence-corrected chi connectivity index (χ2v) is 12.0. The number of aryl methyl sites for hydroxylation is 1. The third-order valence-corrected chi connectivity index (χ3v) is 7.67. The van der Waals surface area contributed by atoms with Gasteiger partial charge in [-0.3, -0.25) is 24.0 Å². The lowest BCUT2D eigenvalue weighted by Crippen LogP contribution is -2.56. The zero-order chi connectivity index (χ0) is 32.8. The van der Waals surface area contributed by atoms with Crippen LogP contribution in [0.15, 0.2) is 42.6 Å². The summed E-state index contributed by atoms with van der Waals surface area (Å²) in [6.07, 6.45) is 6.74. The standard InChI is InChI=1S/C31H43N5O7S/c1-19(2)28(32)30(41)35-24(15-20-9-6-5-7-10-20)29(40)34-23(13-14-44-4)25(37)17-22-18-36(3)26(33-22)12-8-11-21(31(42)43)16-27(38)39/h5-10,12,18-19,21,23-24,28H,11,13-17,32H2,1-4H3,(H,34,40)(H,35,41)(H,38,39)(H,42,43)/b12-8+/t21-,23-,24-,28-/m0/s1. The van der Waals surface area contributed by atoms with Crippen LogP contribution in [0, 0.1) is 11.8 Å². The third kappa shape index (κ3) is 12.0. The molecular formula is C31H43N5O7S. The molecule has 0 fully saturated rings. The minimum absolute atomic E-state index is 0.00824. The van der Waals surface area contributed by atoms with Gasteiger partial charge < -0.3 is 31.1 Å². The Hall–Kier alpha value is -3.97. The Morgan fingerprint density at radius 2 is 1.70 bits per heavy atom. The van der Waals surface area contributed by atoms with Crippen LogP contribution < -0.4 is 16.4 Å². The molecule has 0 unspecified atom stereocenters. The number of carboxylic acid groups (broad SMARTS) is 2. The maximum absolute atomic E-state index is 13.5. The Balaban J connectivity index is 2.18. The van der Waals surface area contributed by atoms with Gasteiger partial charge in [0, 0.05) is 19.7 Å². The molecule has 0 bridgehead atoms. The van der Waals surface area contributed by atoms with E-state index >= 15 is 0 Å². The molecule has 0 aliphatic carbocycles. The number of hydrogen-bond donors (Lipinski definition) is 5. The summed E-state index contributed by atoms with van der Waals surface area (Å²) in [6.45, 7) is 3.64. The molecule has 13 heteroatoms. The van der Waals surface area contributed by atoms with Crippen LogP contribution in [0.1, 0.15) is 50.2 Å². The first-order valence-electron chi connectivity index (χ1n) is 14.4. The number of carboxylic acids is 2. The molecule has 0 spiro atoms. The van der Waals surface area contributed by atoms with Crippen molar-refractivity contribution in [3.8, 4) is 0 Å². The van der Waals surface area contributed by atoms with E-state index in [1.807, 2.05) is 50.4 Å². The highest BCUT2D eigenvalue weighted by molar-refractivity contribution is 7.98. The van der Waals surface area contributed by atoms with Gasteiger partial charge in [-0.1, -0.05) is 50.3 Å². The maximum Gasteiger partial charge on any atom is 0.307 e. The fourth-order valence-corrected chi connectivity index (χ4v) is 4.83. The molecule has 1 aromatic heterocycles. The number of carbonyl (C=O) groups is 5. The number of amides is 2. The van der Waals surface area contributed by atoms with E-state index in [0.29, 0.717) is 23.7 Å². The monoisotopic (exact) mass is 629 g/mol. The molecule has 2 aromatic rings. The number of hydrogen-bond acceptors (Lipinski definition) is 8. The van der Waals surface area contributed by atoms with Gasteiger partial charge in [-0.2, -0.15) is 11.8 Å². The zero-order valence-corrected chi connectivity index (χ0v) is 26.4. The third-order valence-electron chi connectivity index (χ3n) is 7.03. The Morgan fingerprint density at radius 3 is 2.30 bits per heavy atom. The average Bonchev–Trinajstić information content (AvgIpc) is 3.31. The van der Waals surface area contributed by atoms with Crippen molar-refractivity contribution >= 4 is 47.4 Å². The molecule has 44 heavy (non-hydrogen) atoms. The van der Waals surface area contributed by atoms with E-state index in [1.54, 1.807) is 30.0 Å². The number of allylic oxidation sites excluding steroid dienone is 1. The van der Waals surface area contributed by atoms with Crippen LogP contribution in [0.3, 0.4) is 0 Å². The predicted octanol–water partition coefficient (Wildman–Crippen LogP) is 2.06. The van der Waals surface area contributed by atoms with Crippen LogP contribution in [-0.2, 0) is 43.9 Å². The zero-order valence-electron chi connectivity index (χ0n) is 25.6. The predicted molar refractivity (Wildman–Crippen MR) is 169 cm³/mol. The number of Topliss-reactive ketones (excluding diaryl/α,β-unsaturated/α-hetero) is 1. The highest BCUT2D eigenvalue weighted by Crippen LogP contribution is 2.14. The van der Waals surface area contributed by atoms with Gasteiger partial charge in [0.05, 0.1) is 36.5 Å². The fraction of sp³-hybridized carbons (Fsp3) is 0.484. The second-order valence-electron chi connectivity index (χ2n) is 11.0. The molecule has 0 radical (unpaired) electrons. The van der Waals surface area contributed by atoms with Crippen molar-refractivity contribution in [3.63, 3.8) is 0 Å². The quantitative estimate of drug-likeness (QED) is 0.154. The van der Waals surface area contributed by atoms with Crippen LogP contribution in [0.25, 0.3) is 6.08 Å². The normalized spacial score (nSPS) is 14.1. The van der Waals surface area contributed by atoms with Crippen molar-refractivity contribution < 1.29 is 34.2 Å². The van der Waals surface area contributed by atoms with Crippen molar-refractivity contribution in [3.05, 3.63) is 59.7 Å². The number of nitrogens with two attached hydrogens (primary N) is 1. The first-order valence-corrected chi connectivity index (χ1v) is 15.8. The summed E-state index contributed by atoms with van der Waals surface area (Å²) >= 11 is 1.54. The summed E-state index contributed by atoms with van der Waals surface area (Å²) < 4.78 is 1.67. The van der Waals surface area contributed by atoms with Crippen LogP contribution >= 0.6 is 11.8 Å². The molecule has 240 valence electrons. The second kappa shape index (κ2) is 18.0.